The molecule has 2 aromatic heterocycles. The molecule has 0 unspecified atom stereocenters. The summed E-state index contributed by atoms with van der Waals surface area (Å²) < 4.78 is 11.0. The molecule has 0 atom stereocenters. The van der Waals surface area contributed by atoms with Crippen molar-refractivity contribution < 1.29 is 13.9 Å². The number of amides is 1. The molecule has 164 valence electrons. The molecule has 1 amide bonds. The molecule has 0 saturated heterocycles. The zero-order chi connectivity index (χ0) is 22.6. The maximum Gasteiger partial charge on any atom is 0.277 e. The maximum atomic E-state index is 12.1. The van der Waals surface area contributed by atoms with Gasteiger partial charge >= 0.3 is 0 Å². The minimum absolute atomic E-state index is 0.143. The van der Waals surface area contributed by atoms with Crippen LogP contribution in [0.4, 0.5) is 5.69 Å². The number of methoxy groups -OCH3 is 1. The Balaban J connectivity index is 1.28. The van der Waals surface area contributed by atoms with Gasteiger partial charge in [0.1, 0.15) is 11.6 Å². The van der Waals surface area contributed by atoms with E-state index in [1.807, 2.05) is 72.8 Å². The van der Waals surface area contributed by atoms with Crippen molar-refractivity contribution in [1.82, 2.24) is 20.2 Å². The lowest BCUT2D eigenvalue weighted by Crippen LogP contribution is -2.13. The number of para-hydroxylation sites is 1. The van der Waals surface area contributed by atoms with E-state index >= 15 is 0 Å². The number of aromatic amines is 1. The maximum absolute atomic E-state index is 12.1. The number of anilines is 1. The number of hydrogen-bond donors (Lipinski definition) is 2. The fourth-order valence-corrected chi connectivity index (χ4v) is 3.82. The molecule has 5 rings (SSSR count). The molecule has 0 aliphatic carbocycles. The van der Waals surface area contributed by atoms with E-state index in [9.17, 15) is 4.79 Å². The van der Waals surface area contributed by atoms with E-state index in [1.54, 1.807) is 7.11 Å². The quantitative estimate of drug-likeness (QED) is 0.331. The van der Waals surface area contributed by atoms with E-state index in [-0.39, 0.29) is 11.7 Å². The summed E-state index contributed by atoms with van der Waals surface area (Å²) in [5, 5.41) is 11.3. The van der Waals surface area contributed by atoms with Crippen molar-refractivity contribution in [1.29, 1.82) is 0 Å². The predicted octanol–water partition coefficient (Wildman–Crippen LogP) is 5.02. The second-order valence-electron chi connectivity index (χ2n) is 7.12. The first kappa shape index (κ1) is 20.8. The van der Waals surface area contributed by atoms with Gasteiger partial charge in [-0.3, -0.25) is 4.79 Å². The highest BCUT2D eigenvalue weighted by Crippen LogP contribution is 2.28. The summed E-state index contributed by atoms with van der Waals surface area (Å²) in [5.74, 6) is 1.96. The van der Waals surface area contributed by atoms with E-state index in [0.29, 0.717) is 11.1 Å². The van der Waals surface area contributed by atoms with Gasteiger partial charge in [-0.1, -0.05) is 30.0 Å². The summed E-state index contributed by atoms with van der Waals surface area (Å²) in [7, 11) is 1.64. The van der Waals surface area contributed by atoms with Crippen LogP contribution in [0.25, 0.3) is 33.9 Å². The van der Waals surface area contributed by atoms with Gasteiger partial charge < -0.3 is 19.5 Å². The number of H-pyrrole nitrogens is 1. The number of nitrogens with zero attached hydrogens (tertiary/aromatic N) is 3. The third-order valence-corrected chi connectivity index (χ3v) is 5.70. The van der Waals surface area contributed by atoms with Crippen LogP contribution in [0.1, 0.15) is 0 Å². The zero-order valence-corrected chi connectivity index (χ0v) is 18.4. The van der Waals surface area contributed by atoms with Crippen LogP contribution in [0.15, 0.2) is 82.4 Å². The fraction of sp³-hybridized carbons (Fsp3) is 0.0833. The molecule has 5 aromatic rings. The summed E-state index contributed by atoms with van der Waals surface area (Å²) in [6.45, 7) is 0. The Morgan fingerprint density at radius 2 is 1.82 bits per heavy atom. The Labute approximate surface area is 193 Å². The molecular formula is C24H19N5O3S. The molecule has 3 aromatic carbocycles. The number of hydrogen-bond acceptors (Lipinski definition) is 7. The van der Waals surface area contributed by atoms with Gasteiger partial charge in [-0.05, 0) is 54.6 Å². The molecule has 9 heteroatoms. The van der Waals surface area contributed by atoms with Gasteiger partial charge in [-0.15, -0.1) is 10.2 Å². The second-order valence-corrected chi connectivity index (χ2v) is 8.05. The smallest absolute Gasteiger partial charge is 0.277 e. The van der Waals surface area contributed by atoms with E-state index in [0.717, 1.165) is 39.4 Å². The topological polar surface area (TPSA) is 106 Å². The van der Waals surface area contributed by atoms with Crippen LogP contribution < -0.4 is 10.1 Å². The van der Waals surface area contributed by atoms with Crippen molar-refractivity contribution in [2.24, 2.45) is 0 Å². The van der Waals surface area contributed by atoms with Crippen LogP contribution in [0.2, 0.25) is 0 Å². The molecule has 0 spiro atoms. The molecule has 33 heavy (non-hydrogen) atoms. The minimum atomic E-state index is -0.143. The lowest BCUT2D eigenvalue weighted by molar-refractivity contribution is -0.113. The van der Waals surface area contributed by atoms with Crippen LogP contribution in [0, 0.1) is 0 Å². The predicted molar refractivity (Wildman–Crippen MR) is 127 cm³/mol. The Kier molecular flexibility index (Phi) is 5.77. The van der Waals surface area contributed by atoms with Crippen LogP contribution in [0.3, 0.4) is 0 Å². The third-order valence-electron chi connectivity index (χ3n) is 4.88. The summed E-state index contributed by atoms with van der Waals surface area (Å²) in [4.78, 5) is 20.1. The number of carbonyl (C=O) groups excluding carboxylic acids is 1. The first-order chi connectivity index (χ1) is 16.2. The number of imidazole rings is 1. The number of benzene rings is 3. The van der Waals surface area contributed by atoms with Crippen LogP contribution in [0.5, 0.6) is 5.75 Å². The fourth-order valence-electron chi connectivity index (χ4n) is 3.26. The minimum Gasteiger partial charge on any atom is -0.497 e. The number of aromatic nitrogens is 4. The SMILES string of the molecule is COc1ccc(-c2nc3ccc(-c4nnc(SCC(=O)Nc5ccccc5)o4)cc3[nH]2)cc1. The summed E-state index contributed by atoms with van der Waals surface area (Å²) >= 11 is 1.19. The largest absolute Gasteiger partial charge is 0.497 e. The molecule has 0 radical (unpaired) electrons. The molecule has 0 saturated carbocycles. The van der Waals surface area contributed by atoms with Crippen LogP contribution in [-0.2, 0) is 4.79 Å². The molecule has 0 aliphatic heterocycles. The Hall–Kier alpha value is -4.11. The number of thioether (sulfide) groups is 1. The van der Waals surface area contributed by atoms with Crippen molar-refractivity contribution in [3.63, 3.8) is 0 Å². The summed E-state index contributed by atoms with van der Waals surface area (Å²) in [6.07, 6.45) is 0. The molecule has 0 bridgehead atoms. The first-order valence-corrected chi connectivity index (χ1v) is 11.1. The van der Waals surface area contributed by atoms with Gasteiger partial charge in [0, 0.05) is 16.8 Å². The highest BCUT2D eigenvalue weighted by molar-refractivity contribution is 7.99. The average Bonchev–Trinajstić information content (AvgIpc) is 3.50. The van der Waals surface area contributed by atoms with Crippen LogP contribution in [-0.4, -0.2) is 38.9 Å². The van der Waals surface area contributed by atoms with Crippen molar-refractivity contribution >= 4 is 34.4 Å². The van der Waals surface area contributed by atoms with Gasteiger partial charge in [0.2, 0.25) is 11.8 Å². The number of carbonyl (C=O) groups is 1. The lowest BCUT2D eigenvalue weighted by atomic mass is 10.2. The van der Waals surface area contributed by atoms with E-state index < -0.39 is 0 Å². The molecule has 2 N–H and O–H groups in total. The highest BCUT2D eigenvalue weighted by atomic mass is 32.2. The van der Waals surface area contributed by atoms with Crippen molar-refractivity contribution in [3.05, 3.63) is 72.8 Å². The van der Waals surface area contributed by atoms with Crippen molar-refractivity contribution in [2.45, 2.75) is 5.22 Å². The second kappa shape index (κ2) is 9.17. The third kappa shape index (κ3) is 4.73. The van der Waals surface area contributed by atoms with Gasteiger partial charge in [0.25, 0.3) is 5.22 Å². The average molecular weight is 458 g/mol. The van der Waals surface area contributed by atoms with Gasteiger partial charge in [0.15, 0.2) is 0 Å². The van der Waals surface area contributed by atoms with E-state index in [4.69, 9.17) is 9.15 Å². The Morgan fingerprint density at radius 3 is 2.61 bits per heavy atom. The molecule has 0 aliphatic rings. The Bertz CT molecular complexity index is 1400. The van der Waals surface area contributed by atoms with Crippen molar-refractivity contribution in [2.75, 3.05) is 18.2 Å². The monoisotopic (exact) mass is 457 g/mol. The van der Waals surface area contributed by atoms with Gasteiger partial charge in [-0.25, -0.2) is 4.98 Å². The number of fused-ring (bicyclic) bond motifs is 1. The lowest BCUT2D eigenvalue weighted by Gasteiger charge is -2.02. The number of ether oxygens (including phenoxy) is 1. The number of nitrogens with one attached hydrogen (secondary N) is 2. The highest BCUT2D eigenvalue weighted by Gasteiger charge is 2.13. The van der Waals surface area contributed by atoms with Crippen molar-refractivity contribution in [3.8, 4) is 28.6 Å². The first-order valence-electron chi connectivity index (χ1n) is 10.1. The molecule has 0 fully saturated rings. The normalized spacial score (nSPS) is 10.9. The summed E-state index contributed by atoms with van der Waals surface area (Å²) in [5.41, 5.74) is 4.15. The molecular weight excluding hydrogens is 438 g/mol. The Morgan fingerprint density at radius 1 is 1.03 bits per heavy atom. The van der Waals surface area contributed by atoms with E-state index in [2.05, 4.69) is 25.5 Å². The summed E-state index contributed by atoms with van der Waals surface area (Å²) in [6, 6.07) is 22.7. The molecule has 8 nitrogen and oxygen atoms in total. The molecule has 2 heterocycles. The van der Waals surface area contributed by atoms with Crippen LogP contribution >= 0.6 is 11.8 Å². The number of rotatable bonds is 7. The van der Waals surface area contributed by atoms with Gasteiger partial charge in [-0.2, -0.15) is 0 Å². The zero-order valence-electron chi connectivity index (χ0n) is 17.6. The van der Waals surface area contributed by atoms with E-state index in [1.165, 1.54) is 11.8 Å². The van der Waals surface area contributed by atoms with Gasteiger partial charge in [0.05, 0.1) is 23.9 Å². The standard InChI is InChI=1S/C24H19N5O3S/c1-31-18-10-7-15(8-11-18)22-26-19-12-9-16(13-20(19)27-22)23-28-29-24(32-23)33-14-21(30)25-17-5-3-2-4-6-17/h2-13H,14H2,1H3,(H,25,30)(H,26,27).